The third-order valence-corrected chi connectivity index (χ3v) is 5.39. The van der Waals surface area contributed by atoms with Gasteiger partial charge in [0, 0.05) is 18.1 Å². The molecular formula is C15H27NO2. The fourth-order valence-electron chi connectivity index (χ4n) is 4.08. The van der Waals surface area contributed by atoms with Crippen molar-refractivity contribution in [3.8, 4) is 0 Å². The largest absolute Gasteiger partial charge is 0.376 e. The molecule has 2 aliphatic carbocycles. The minimum atomic E-state index is 0.326. The minimum Gasteiger partial charge on any atom is -0.376 e. The summed E-state index contributed by atoms with van der Waals surface area (Å²) >= 11 is 0. The van der Waals surface area contributed by atoms with Gasteiger partial charge in [-0.2, -0.15) is 0 Å². The summed E-state index contributed by atoms with van der Waals surface area (Å²) < 4.78 is 11.9. The lowest BCUT2D eigenvalue weighted by Gasteiger charge is -2.56. The summed E-state index contributed by atoms with van der Waals surface area (Å²) in [6.45, 7) is 1.71. The van der Waals surface area contributed by atoms with E-state index in [-0.39, 0.29) is 0 Å². The third kappa shape index (κ3) is 2.33. The van der Waals surface area contributed by atoms with Crippen molar-refractivity contribution in [3.05, 3.63) is 0 Å². The Morgan fingerprint density at radius 2 is 1.94 bits per heavy atom. The number of hydrogen-bond donors (Lipinski definition) is 1. The van der Waals surface area contributed by atoms with E-state index < -0.39 is 0 Å². The first-order chi connectivity index (χ1) is 8.81. The van der Waals surface area contributed by atoms with E-state index in [1.807, 2.05) is 0 Å². The van der Waals surface area contributed by atoms with Crippen LogP contribution in [0, 0.1) is 5.41 Å². The van der Waals surface area contributed by atoms with Crippen LogP contribution in [0.5, 0.6) is 0 Å². The lowest BCUT2D eigenvalue weighted by atomic mass is 9.55. The molecular weight excluding hydrogens is 226 g/mol. The Labute approximate surface area is 110 Å². The predicted molar refractivity (Wildman–Crippen MR) is 71.4 cm³/mol. The minimum absolute atomic E-state index is 0.326. The molecule has 0 bridgehead atoms. The van der Waals surface area contributed by atoms with Crippen LogP contribution in [-0.4, -0.2) is 31.5 Å². The molecule has 0 amide bonds. The maximum atomic E-state index is 6.28. The summed E-state index contributed by atoms with van der Waals surface area (Å²) in [6, 6.07) is 0.384. The van der Waals surface area contributed by atoms with E-state index >= 15 is 0 Å². The fourth-order valence-corrected chi connectivity index (χ4v) is 4.08. The Balaban J connectivity index is 1.50. The van der Waals surface area contributed by atoms with Crippen LogP contribution in [0.3, 0.4) is 0 Å². The zero-order valence-electron chi connectivity index (χ0n) is 11.4. The van der Waals surface area contributed by atoms with Gasteiger partial charge < -0.3 is 15.2 Å². The highest BCUT2D eigenvalue weighted by molar-refractivity contribution is 5.07. The van der Waals surface area contributed by atoms with Gasteiger partial charge in [-0.1, -0.05) is 19.3 Å². The van der Waals surface area contributed by atoms with Gasteiger partial charge in [-0.15, -0.1) is 0 Å². The lowest BCUT2D eigenvalue weighted by Crippen LogP contribution is -2.63. The first-order valence-electron chi connectivity index (χ1n) is 7.80. The molecule has 0 aromatic carbocycles. The number of hydrogen-bond acceptors (Lipinski definition) is 3. The second-order valence-corrected chi connectivity index (χ2v) is 6.45. The monoisotopic (exact) mass is 253 g/mol. The molecule has 3 rings (SSSR count). The number of rotatable bonds is 3. The van der Waals surface area contributed by atoms with Crippen LogP contribution in [0.2, 0.25) is 0 Å². The van der Waals surface area contributed by atoms with Gasteiger partial charge in [-0.25, -0.2) is 0 Å². The summed E-state index contributed by atoms with van der Waals surface area (Å²) in [7, 11) is 0. The SMILES string of the molecule is NC1CC(OCC2CCCCO2)C12CCCCC2. The van der Waals surface area contributed by atoms with E-state index in [4.69, 9.17) is 15.2 Å². The average molecular weight is 253 g/mol. The van der Waals surface area contributed by atoms with Gasteiger partial charge in [0.2, 0.25) is 0 Å². The highest BCUT2D eigenvalue weighted by Crippen LogP contribution is 2.52. The number of nitrogens with two attached hydrogens (primary N) is 1. The molecule has 3 unspecified atom stereocenters. The van der Waals surface area contributed by atoms with Gasteiger partial charge in [-0.3, -0.25) is 0 Å². The molecule has 1 heterocycles. The molecule has 104 valence electrons. The molecule has 3 aliphatic rings. The van der Waals surface area contributed by atoms with Crippen molar-refractivity contribution in [2.75, 3.05) is 13.2 Å². The van der Waals surface area contributed by atoms with E-state index in [2.05, 4.69) is 0 Å². The highest BCUT2D eigenvalue weighted by atomic mass is 16.5. The van der Waals surface area contributed by atoms with E-state index in [1.54, 1.807) is 0 Å². The van der Waals surface area contributed by atoms with Crippen molar-refractivity contribution in [2.45, 2.75) is 76.0 Å². The topological polar surface area (TPSA) is 44.5 Å². The Hall–Kier alpha value is -0.120. The molecule has 2 N–H and O–H groups in total. The lowest BCUT2D eigenvalue weighted by molar-refractivity contribution is -0.165. The van der Waals surface area contributed by atoms with Crippen LogP contribution < -0.4 is 5.73 Å². The van der Waals surface area contributed by atoms with Crippen molar-refractivity contribution in [2.24, 2.45) is 11.1 Å². The first kappa shape index (κ1) is 12.9. The van der Waals surface area contributed by atoms with Crippen LogP contribution >= 0.6 is 0 Å². The van der Waals surface area contributed by atoms with Gasteiger partial charge in [0.1, 0.15) is 0 Å². The molecule has 0 aromatic rings. The molecule has 0 aromatic heterocycles. The van der Waals surface area contributed by atoms with Gasteiger partial charge >= 0.3 is 0 Å². The van der Waals surface area contributed by atoms with Gasteiger partial charge in [-0.05, 0) is 38.5 Å². The van der Waals surface area contributed by atoms with Crippen molar-refractivity contribution in [1.29, 1.82) is 0 Å². The Morgan fingerprint density at radius 3 is 2.61 bits per heavy atom. The van der Waals surface area contributed by atoms with E-state index in [0.29, 0.717) is 23.7 Å². The Bertz CT molecular complexity index is 270. The third-order valence-electron chi connectivity index (χ3n) is 5.39. The summed E-state index contributed by atoms with van der Waals surface area (Å²) in [5.74, 6) is 0. The summed E-state index contributed by atoms with van der Waals surface area (Å²) in [5, 5.41) is 0. The molecule has 2 saturated carbocycles. The van der Waals surface area contributed by atoms with Crippen molar-refractivity contribution >= 4 is 0 Å². The molecule has 1 aliphatic heterocycles. The van der Waals surface area contributed by atoms with Crippen molar-refractivity contribution in [1.82, 2.24) is 0 Å². The van der Waals surface area contributed by atoms with Crippen LogP contribution in [0.1, 0.15) is 57.8 Å². The average Bonchev–Trinajstić information content (AvgIpc) is 2.45. The number of ether oxygens (including phenoxy) is 2. The molecule has 1 spiro atoms. The Kier molecular flexibility index (Phi) is 3.92. The van der Waals surface area contributed by atoms with E-state index in [0.717, 1.165) is 19.6 Å². The molecule has 18 heavy (non-hydrogen) atoms. The second-order valence-electron chi connectivity index (χ2n) is 6.45. The molecule has 3 atom stereocenters. The van der Waals surface area contributed by atoms with E-state index in [1.165, 1.54) is 51.4 Å². The summed E-state index contributed by atoms with van der Waals surface area (Å²) in [4.78, 5) is 0. The van der Waals surface area contributed by atoms with Gasteiger partial charge in [0.15, 0.2) is 0 Å². The molecule has 1 saturated heterocycles. The standard InChI is InChI=1S/C15H27NO2/c16-13-10-14(15(13)7-3-1-4-8-15)18-11-12-6-2-5-9-17-12/h12-14H,1-11,16H2. The van der Waals surface area contributed by atoms with Crippen molar-refractivity contribution < 1.29 is 9.47 Å². The van der Waals surface area contributed by atoms with Crippen molar-refractivity contribution in [3.63, 3.8) is 0 Å². The second kappa shape index (κ2) is 5.48. The summed E-state index contributed by atoms with van der Waals surface area (Å²) in [6.07, 6.45) is 12.1. The maximum absolute atomic E-state index is 6.28. The first-order valence-corrected chi connectivity index (χ1v) is 7.80. The molecule has 3 nitrogen and oxygen atoms in total. The quantitative estimate of drug-likeness (QED) is 0.841. The smallest absolute Gasteiger partial charge is 0.0808 e. The summed E-state index contributed by atoms with van der Waals surface area (Å²) in [5.41, 5.74) is 6.60. The fraction of sp³-hybridized carbons (Fsp3) is 1.00. The molecule has 3 heteroatoms. The van der Waals surface area contributed by atoms with Crippen LogP contribution in [-0.2, 0) is 9.47 Å². The van der Waals surface area contributed by atoms with Gasteiger partial charge in [0.05, 0.1) is 18.8 Å². The van der Waals surface area contributed by atoms with E-state index in [9.17, 15) is 0 Å². The van der Waals surface area contributed by atoms with Crippen LogP contribution in [0.15, 0.2) is 0 Å². The Morgan fingerprint density at radius 1 is 1.11 bits per heavy atom. The molecule has 0 radical (unpaired) electrons. The normalized spacial score (nSPS) is 39.5. The zero-order valence-corrected chi connectivity index (χ0v) is 11.4. The van der Waals surface area contributed by atoms with Crippen LogP contribution in [0.4, 0.5) is 0 Å². The van der Waals surface area contributed by atoms with Crippen LogP contribution in [0.25, 0.3) is 0 Å². The van der Waals surface area contributed by atoms with Gasteiger partial charge in [0.25, 0.3) is 0 Å². The highest BCUT2D eigenvalue weighted by Gasteiger charge is 2.54. The predicted octanol–water partition coefficient (Wildman–Crippen LogP) is 2.62. The maximum Gasteiger partial charge on any atom is 0.0808 e. The zero-order chi connectivity index (χ0) is 12.4. The molecule has 3 fully saturated rings.